The van der Waals surface area contributed by atoms with Crippen molar-refractivity contribution in [2.75, 3.05) is 7.11 Å². The molecule has 1 aliphatic rings. The number of aliphatic imine (C=N–C) groups is 1. The van der Waals surface area contributed by atoms with Crippen molar-refractivity contribution in [3.05, 3.63) is 108 Å². The van der Waals surface area contributed by atoms with E-state index >= 15 is 0 Å². The molecular weight excluding hydrogens is 320 g/mol. The second-order valence-corrected chi connectivity index (χ2v) is 6.43. The Morgan fingerprint density at radius 1 is 0.769 bits per heavy atom. The van der Waals surface area contributed by atoms with Gasteiger partial charge in [-0.1, -0.05) is 91.0 Å². The summed E-state index contributed by atoms with van der Waals surface area (Å²) in [5, 5.41) is 3.63. The number of ether oxygens (including phenoxy) is 1. The van der Waals surface area contributed by atoms with Crippen molar-refractivity contribution in [1.82, 2.24) is 5.32 Å². The van der Waals surface area contributed by atoms with Gasteiger partial charge in [-0.15, -0.1) is 0 Å². The number of rotatable bonds is 5. The maximum atomic E-state index is 5.80. The summed E-state index contributed by atoms with van der Waals surface area (Å²) >= 11 is 0. The lowest BCUT2D eigenvalue weighted by Crippen LogP contribution is -2.29. The van der Waals surface area contributed by atoms with E-state index in [9.17, 15) is 0 Å². The molecule has 1 heterocycles. The molecule has 1 N–H and O–H groups in total. The van der Waals surface area contributed by atoms with E-state index in [1.807, 2.05) is 30.3 Å². The standard InChI is InChI=1S/C23H22N2O/c1-26-22(19-15-9-4-10-16-19)23-24-20(17-11-5-2-6-12-17)21(25-23)18-13-7-3-8-14-18/h2-16,20-22H,1H3,(H,24,25). The molecule has 0 saturated heterocycles. The highest BCUT2D eigenvalue weighted by atomic mass is 16.5. The fourth-order valence-corrected chi connectivity index (χ4v) is 3.52. The Balaban J connectivity index is 1.72. The summed E-state index contributed by atoms with van der Waals surface area (Å²) < 4.78 is 5.80. The fraction of sp³-hybridized carbons (Fsp3) is 0.174. The maximum Gasteiger partial charge on any atom is 0.139 e. The number of nitrogens with one attached hydrogen (secondary N) is 1. The monoisotopic (exact) mass is 342 g/mol. The Hall–Kier alpha value is -2.91. The molecule has 3 nitrogen and oxygen atoms in total. The minimum absolute atomic E-state index is 0.0231. The van der Waals surface area contributed by atoms with Crippen LogP contribution in [0.5, 0.6) is 0 Å². The van der Waals surface area contributed by atoms with E-state index in [0.717, 1.165) is 11.4 Å². The van der Waals surface area contributed by atoms with Crippen LogP contribution in [-0.2, 0) is 4.74 Å². The van der Waals surface area contributed by atoms with Crippen LogP contribution in [0.2, 0.25) is 0 Å². The normalized spacial score (nSPS) is 20.3. The summed E-state index contributed by atoms with van der Waals surface area (Å²) in [6.45, 7) is 0. The van der Waals surface area contributed by atoms with Gasteiger partial charge in [-0.25, -0.2) is 0 Å². The fourth-order valence-electron chi connectivity index (χ4n) is 3.52. The summed E-state index contributed by atoms with van der Waals surface area (Å²) in [4.78, 5) is 5.04. The van der Waals surface area contributed by atoms with Crippen molar-refractivity contribution in [1.29, 1.82) is 0 Å². The zero-order valence-electron chi connectivity index (χ0n) is 14.7. The van der Waals surface area contributed by atoms with Crippen LogP contribution in [0.4, 0.5) is 0 Å². The Labute approximate surface area is 154 Å². The van der Waals surface area contributed by atoms with E-state index in [0.29, 0.717) is 0 Å². The summed E-state index contributed by atoms with van der Waals surface area (Å²) in [5.41, 5.74) is 3.52. The lowest BCUT2D eigenvalue weighted by molar-refractivity contribution is 0.155. The third-order valence-electron chi connectivity index (χ3n) is 4.78. The Bertz CT molecular complexity index is 862. The Morgan fingerprint density at radius 2 is 1.31 bits per heavy atom. The first-order valence-electron chi connectivity index (χ1n) is 8.88. The third kappa shape index (κ3) is 3.26. The highest BCUT2D eigenvalue weighted by Crippen LogP contribution is 2.38. The van der Waals surface area contributed by atoms with Gasteiger partial charge in [0, 0.05) is 7.11 Å². The van der Waals surface area contributed by atoms with E-state index in [2.05, 4.69) is 66.0 Å². The van der Waals surface area contributed by atoms with Crippen LogP contribution in [0.15, 0.2) is 96.0 Å². The Morgan fingerprint density at radius 3 is 1.88 bits per heavy atom. The molecule has 3 unspecified atom stereocenters. The average molecular weight is 342 g/mol. The minimum atomic E-state index is -0.198. The summed E-state index contributed by atoms with van der Waals surface area (Å²) in [6, 6.07) is 31.3. The predicted molar refractivity (Wildman–Crippen MR) is 105 cm³/mol. The number of hydrogen-bond acceptors (Lipinski definition) is 3. The molecule has 0 spiro atoms. The molecule has 130 valence electrons. The molecule has 0 saturated carbocycles. The van der Waals surface area contributed by atoms with Crippen LogP contribution in [0.3, 0.4) is 0 Å². The molecule has 26 heavy (non-hydrogen) atoms. The van der Waals surface area contributed by atoms with Gasteiger partial charge in [-0.2, -0.15) is 0 Å². The maximum absolute atomic E-state index is 5.80. The molecule has 0 bridgehead atoms. The Kier molecular flexibility index (Phi) is 4.80. The average Bonchev–Trinajstić information content (AvgIpc) is 3.16. The summed E-state index contributed by atoms with van der Waals surface area (Å²) in [5.74, 6) is 0.876. The van der Waals surface area contributed by atoms with Crippen molar-refractivity contribution in [3.8, 4) is 0 Å². The van der Waals surface area contributed by atoms with Crippen molar-refractivity contribution < 1.29 is 4.74 Å². The van der Waals surface area contributed by atoms with Crippen LogP contribution in [0.25, 0.3) is 0 Å². The van der Waals surface area contributed by atoms with Crippen LogP contribution in [0.1, 0.15) is 34.9 Å². The van der Waals surface area contributed by atoms with Crippen molar-refractivity contribution in [2.45, 2.75) is 18.2 Å². The largest absolute Gasteiger partial charge is 0.369 e. The van der Waals surface area contributed by atoms with Crippen molar-refractivity contribution in [3.63, 3.8) is 0 Å². The van der Waals surface area contributed by atoms with Crippen molar-refractivity contribution >= 4 is 5.84 Å². The highest BCUT2D eigenvalue weighted by molar-refractivity contribution is 5.90. The van der Waals surface area contributed by atoms with Crippen LogP contribution in [0, 0.1) is 0 Å². The molecule has 3 heteroatoms. The summed E-state index contributed by atoms with van der Waals surface area (Å²) in [6.07, 6.45) is -0.198. The van der Waals surface area contributed by atoms with E-state index < -0.39 is 0 Å². The first-order valence-corrected chi connectivity index (χ1v) is 8.88. The SMILES string of the molecule is COC(C1=NC(c2ccccc2)C(c2ccccc2)N1)c1ccccc1. The molecule has 3 atom stereocenters. The quantitative estimate of drug-likeness (QED) is 0.718. The molecule has 0 amide bonds. The highest BCUT2D eigenvalue weighted by Gasteiger charge is 2.34. The van der Waals surface area contributed by atoms with Gasteiger partial charge in [0.25, 0.3) is 0 Å². The molecule has 3 aromatic carbocycles. The number of hydrogen-bond donors (Lipinski definition) is 1. The van der Waals surface area contributed by atoms with Gasteiger partial charge in [0.05, 0.1) is 6.04 Å². The molecule has 1 aliphatic heterocycles. The lowest BCUT2D eigenvalue weighted by Gasteiger charge is -2.21. The van der Waals surface area contributed by atoms with Crippen LogP contribution >= 0.6 is 0 Å². The molecule has 0 fully saturated rings. The van der Waals surface area contributed by atoms with Gasteiger partial charge >= 0.3 is 0 Å². The van der Waals surface area contributed by atoms with Gasteiger partial charge in [0.2, 0.25) is 0 Å². The number of benzene rings is 3. The van der Waals surface area contributed by atoms with Gasteiger partial charge in [0.1, 0.15) is 18.0 Å². The lowest BCUT2D eigenvalue weighted by atomic mass is 9.95. The van der Waals surface area contributed by atoms with E-state index in [1.165, 1.54) is 11.1 Å². The second kappa shape index (κ2) is 7.54. The number of methoxy groups -OCH3 is 1. The topological polar surface area (TPSA) is 33.6 Å². The van der Waals surface area contributed by atoms with E-state index in [-0.39, 0.29) is 18.2 Å². The van der Waals surface area contributed by atoms with Gasteiger partial charge < -0.3 is 10.1 Å². The number of amidine groups is 1. The van der Waals surface area contributed by atoms with Crippen LogP contribution in [-0.4, -0.2) is 12.9 Å². The predicted octanol–water partition coefficient (Wildman–Crippen LogP) is 4.86. The van der Waals surface area contributed by atoms with Gasteiger partial charge in [-0.3, -0.25) is 4.99 Å². The van der Waals surface area contributed by atoms with Crippen molar-refractivity contribution in [2.24, 2.45) is 4.99 Å². The van der Waals surface area contributed by atoms with E-state index in [4.69, 9.17) is 9.73 Å². The number of nitrogens with zero attached hydrogens (tertiary/aromatic N) is 1. The molecule has 4 rings (SSSR count). The second-order valence-electron chi connectivity index (χ2n) is 6.43. The molecule has 0 aromatic heterocycles. The molecule has 0 aliphatic carbocycles. The molecule has 0 radical (unpaired) electrons. The molecular formula is C23H22N2O. The molecule has 3 aromatic rings. The zero-order valence-corrected chi connectivity index (χ0v) is 14.7. The minimum Gasteiger partial charge on any atom is -0.369 e. The van der Waals surface area contributed by atoms with E-state index in [1.54, 1.807) is 7.11 Å². The third-order valence-corrected chi connectivity index (χ3v) is 4.78. The first kappa shape index (κ1) is 16.6. The van der Waals surface area contributed by atoms with Gasteiger partial charge in [0.15, 0.2) is 0 Å². The summed E-state index contributed by atoms with van der Waals surface area (Å²) in [7, 11) is 1.73. The smallest absolute Gasteiger partial charge is 0.139 e. The van der Waals surface area contributed by atoms with Crippen LogP contribution < -0.4 is 5.32 Å². The first-order chi connectivity index (χ1) is 12.9. The van der Waals surface area contributed by atoms with Gasteiger partial charge in [-0.05, 0) is 16.7 Å². The zero-order chi connectivity index (χ0) is 17.8.